The minimum atomic E-state index is -0.280. The van der Waals surface area contributed by atoms with Crippen LogP contribution in [0.2, 0.25) is 0 Å². The smallest absolute Gasteiger partial charge is 0.338 e. The predicted molar refractivity (Wildman–Crippen MR) is 68.8 cm³/mol. The van der Waals surface area contributed by atoms with Crippen LogP contribution in [0.25, 0.3) is 0 Å². The number of unbranched alkanes of at least 4 members (excludes halogenated alkanes) is 2. The maximum Gasteiger partial charge on any atom is 0.338 e. The van der Waals surface area contributed by atoms with Crippen molar-refractivity contribution in [1.82, 2.24) is 0 Å². The first-order valence-corrected chi connectivity index (χ1v) is 6.04. The Labute approximate surface area is 103 Å². The van der Waals surface area contributed by atoms with Gasteiger partial charge in [-0.25, -0.2) is 4.79 Å². The second kappa shape index (κ2) is 7.51. The molecule has 90 valence electrons. The highest BCUT2D eigenvalue weighted by Crippen LogP contribution is 2.05. The molecular formula is C15H18O2. The lowest BCUT2D eigenvalue weighted by molar-refractivity contribution is 0.0526. The van der Waals surface area contributed by atoms with E-state index >= 15 is 0 Å². The molecule has 0 atom stereocenters. The molecule has 1 aromatic rings. The summed E-state index contributed by atoms with van der Waals surface area (Å²) in [6.07, 6.45) is 3.22. The van der Waals surface area contributed by atoms with Crippen LogP contribution in [-0.4, -0.2) is 12.6 Å². The van der Waals surface area contributed by atoms with Gasteiger partial charge in [0.25, 0.3) is 0 Å². The normalized spacial score (nSPS) is 9.29. The summed E-state index contributed by atoms with van der Waals surface area (Å²) in [7, 11) is 0. The molecule has 0 saturated heterocycles. The third kappa shape index (κ3) is 4.74. The molecular weight excluding hydrogens is 212 g/mol. The van der Waals surface area contributed by atoms with Crippen molar-refractivity contribution in [2.45, 2.75) is 33.1 Å². The Kier molecular flexibility index (Phi) is 5.88. The van der Waals surface area contributed by atoms with Gasteiger partial charge in [0, 0.05) is 12.0 Å². The van der Waals surface area contributed by atoms with E-state index in [1.165, 1.54) is 0 Å². The summed E-state index contributed by atoms with van der Waals surface area (Å²) in [5.74, 6) is 5.91. The molecule has 0 bridgehead atoms. The van der Waals surface area contributed by atoms with E-state index in [1.54, 1.807) is 19.1 Å². The molecule has 0 unspecified atom stereocenters. The Morgan fingerprint density at radius 1 is 1.24 bits per heavy atom. The topological polar surface area (TPSA) is 26.3 Å². The van der Waals surface area contributed by atoms with Crippen molar-refractivity contribution in [1.29, 1.82) is 0 Å². The largest absolute Gasteiger partial charge is 0.462 e. The zero-order chi connectivity index (χ0) is 12.5. The van der Waals surface area contributed by atoms with Crippen molar-refractivity contribution >= 4 is 5.97 Å². The van der Waals surface area contributed by atoms with E-state index in [0.717, 1.165) is 24.8 Å². The van der Waals surface area contributed by atoms with Gasteiger partial charge in [0.05, 0.1) is 12.2 Å². The summed E-state index contributed by atoms with van der Waals surface area (Å²) in [5, 5.41) is 0. The van der Waals surface area contributed by atoms with Crippen LogP contribution in [-0.2, 0) is 4.74 Å². The summed E-state index contributed by atoms with van der Waals surface area (Å²) in [6, 6.07) is 7.21. The van der Waals surface area contributed by atoms with Crippen LogP contribution in [0.4, 0.5) is 0 Å². The molecule has 0 radical (unpaired) electrons. The summed E-state index contributed by atoms with van der Waals surface area (Å²) in [4.78, 5) is 11.4. The molecule has 1 rings (SSSR count). The lowest BCUT2D eigenvalue weighted by Crippen LogP contribution is -2.04. The van der Waals surface area contributed by atoms with Crippen LogP contribution in [0.15, 0.2) is 24.3 Å². The number of ether oxygens (including phenoxy) is 1. The van der Waals surface area contributed by atoms with Crippen molar-refractivity contribution < 1.29 is 9.53 Å². The number of rotatable bonds is 4. The fourth-order valence-electron chi connectivity index (χ4n) is 1.33. The molecule has 0 aliphatic carbocycles. The Morgan fingerprint density at radius 3 is 2.53 bits per heavy atom. The lowest BCUT2D eigenvalue weighted by atomic mass is 10.1. The van der Waals surface area contributed by atoms with Crippen LogP contribution in [0.1, 0.15) is 49.0 Å². The molecule has 0 aliphatic heterocycles. The highest BCUT2D eigenvalue weighted by Gasteiger charge is 2.04. The first-order chi connectivity index (χ1) is 8.27. The van der Waals surface area contributed by atoms with Crippen molar-refractivity contribution in [3.05, 3.63) is 35.4 Å². The fourth-order valence-corrected chi connectivity index (χ4v) is 1.33. The Hall–Kier alpha value is -1.75. The number of carbonyl (C=O) groups excluding carboxylic acids is 1. The first-order valence-electron chi connectivity index (χ1n) is 6.04. The molecule has 0 spiro atoms. The minimum absolute atomic E-state index is 0.280. The second-order valence-corrected chi connectivity index (χ2v) is 3.70. The Bertz CT molecular complexity index is 407. The molecule has 0 fully saturated rings. The number of carbonyl (C=O) groups is 1. The summed E-state index contributed by atoms with van der Waals surface area (Å²) >= 11 is 0. The van der Waals surface area contributed by atoms with E-state index in [9.17, 15) is 4.79 Å². The first kappa shape index (κ1) is 13.3. The quantitative estimate of drug-likeness (QED) is 0.450. The van der Waals surface area contributed by atoms with E-state index in [4.69, 9.17) is 4.74 Å². The van der Waals surface area contributed by atoms with Gasteiger partial charge >= 0.3 is 5.97 Å². The zero-order valence-corrected chi connectivity index (χ0v) is 10.5. The number of esters is 1. The maximum absolute atomic E-state index is 11.4. The van der Waals surface area contributed by atoms with Crippen LogP contribution in [0, 0.1) is 11.8 Å². The number of benzene rings is 1. The third-order valence-electron chi connectivity index (χ3n) is 2.28. The fraction of sp³-hybridized carbons (Fsp3) is 0.400. The predicted octanol–water partition coefficient (Wildman–Crippen LogP) is 3.41. The number of hydrogen-bond donors (Lipinski definition) is 0. The van der Waals surface area contributed by atoms with Crippen molar-refractivity contribution in [2.24, 2.45) is 0 Å². The van der Waals surface area contributed by atoms with Crippen LogP contribution in [0.3, 0.4) is 0 Å². The SMILES string of the molecule is CCCCC#Cc1ccc(C(=O)OCC)cc1. The minimum Gasteiger partial charge on any atom is -0.462 e. The van der Waals surface area contributed by atoms with E-state index < -0.39 is 0 Å². The van der Waals surface area contributed by atoms with Gasteiger partial charge in [0.1, 0.15) is 0 Å². The van der Waals surface area contributed by atoms with Gasteiger partial charge in [0.2, 0.25) is 0 Å². The molecule has 0 aromatic heterocycles. The second-order valence-electron chi connectivity index (χ2n) is 3.70. The molecule has 2 nitrogen and oxygen atoms in total. The van der Waals surface area contributed by atoms with E-state index in [-0.39, 0.29) is 5.97 Å². The molecule has 2 heteroatoms. The summed E-state index contributed by atoms with van der Waals surface area (Å²) < 4.78 is 4.91. The average Bonchev–Trinajstić information content (AvgIpc) is 2.36. The van der Waals surface area contributed by atoms with Crippen molar-refractivity contribution in [2.75, 3.05) is 6.61 Å². The average molecular weight is 230 g/mol. The van der Waals surface area contributed by atoms with Gasteiger partial charge in [-0.2, -0.15) is 0 Å². The van der Waals surface area contributed by atoms with Gasteiger partial charge in [-0.3, -0.25) is 0 Å². The van der Waals surface area contributed by atoms with Gasteiger partial charge in [-0.05, 0) is 37.6 Å². The Morgan fingerprint density at radius 2 is 1.94 bits per heavy atom. The van der Waals surface area contributed by atoms with Gasteiger partial charge in [-0.15, -0.1) is 0 Å². The molecule has 0 N–H and O–H groups in total. The molecule has 0 heterocycles. The molecule has 0 amide bonds. The molecule has 0 saturated carbocycles. The van der Waals surface area contributed by atoms with Crippen molar-refractivity contribution in [3.63, 3.8) is 0 Å². The molecule has 1 aromatic carbocycles. The molecule has 0 aliphatic rings. The van der Waals surface area contributed by atoms with Crippen LogP contribution < -0.4 is 0 Å². The highest BCUT2D eigenvalue weighted by atomic mass is 16.5. The Balaban J connectivity index is 2.60. The standard InChI is InChI=1S/C15H18O2/c1-3-5-6-7-8-13-9-11-14(12-10-13)15(16)17-4-2/h9-12H,3-6H2,1-2H3. The van der Waals surface area contributed by atoms with Gasteiger partial charge in [-0.1, -0.05) is 25.2 Å². The van der Waals surface area contributed by atoms with Gasteiger partial charge in [0.15, 0.2) is 0 Å². The van der Waals surface area contributed by atoms with E-state index in [1.807, 2.05) is 12.1 Å². The summed E-state index contributed by atoms with van der Waals surface area (Å²) in [5.41, 5.74) is 1.51. The monoisotopic (exact) mass is 230 g/mol. The van der Waals surface area contributed by atoms with E-state index in [2.05, 4.69) is 18.8 Å². The summed E-state index contributed by atoms with van der Waals surface area (Å²) in [6.45, 7) is 4.35. The van der Waals surface area contributed by atoms with E-state index in [0.29, 0.717) is 12.2 Å². The van der Waals surface area contributed by atoms with Crippen LogP contribution >= 0.6 is 0 Å². The van der Waals surface area contributed by atoms with Gasteiger partial charge < -0.3 is 4.74 Å². The highest BCUT2D eigenvalue weighted by molar-refractivity contribution is 5.89. The zero-order valence-electron chi connectivity index (χ0n) is 10.5. The lowest BCUT2D eigenvalue weighted by Gasteiger charge is -2.00. The molecule has 17 heavy (non-hydrogen) atoms. The van der Waals surface area contributed by atoms with Crippen LogP contribution in [0.5, 0.6) is 0 Å². The maximum atomic E-state index is 11.4. The number of hydrogen-bond acceptors (Lipinski definition) is 2. The van der Waals surface area contributed by atoms with Crippen molar-refractivity contribution in [3.8, 4) is 11.8 Å². The third-order valence-corrected chi connectivity index (χ3v) is 2.28.